The molecule has 1 aliphatic carbocycles. The molecule has 0 aromatic carbocycles. The van der Waals surface area contributed by atoms with E-state index in [2.05, 4.69) is 20.7 Å². The Bertz CT molecular complexity index is 836. The molecule has 0 spiro atoms. The predicted octanol–water partition coefficient (Wildman–Crippen LogP) is 2.54. The van der Waals surface area contributed by atoms with E-state index in [-0.39, 0.29) is 23.8 Å². The van der Waals surface area contributed by atoms with Crippen molar-refractivity contribution < 1.29 is 14.3 Å². The summed E-state index contributed by atoms with van der Waals surface area (Å²) in [4.78, 5) is 28.6. The second kappa shape index (κ2) is 7.48. The Morgan fingerprint density at radius 2 is 1.89 bits per heavy atom. The third-order valence-corrected chi connectivity index (χ3v) is 5.05. The van der Waals surface area contributed by atoms with Gasteiger partial charge in [-0.1, -0.05) is 0 Å². The summed E-state index contributed by atoms with van der Waals surface area (Å²) >= 11 is 0. The van der Waals surface area contributed by atoms with Gasteiger partial charge in [0.1, 0.15) is 5.82 Å². The summed E-state index contributed by atoms with van der Waals surface area (Å²) in [6.07, 6.45) is 6.85. The number of rotatable bonds is 5. The molecule has 0 radical (unpaired) electrons. The van der Waals surface area contributed by atoms with Crippen LogP contribution in [0.15, 0.2) is 24.5 Å². The van der Waals surface area contributed by atoms with E-state index in [1.807, 2.05) is 11.6 Å². The van der Waals surface area contributed by atoms with Crippen LogP contribution in [0, 0.1) is 12.8 Å². The first-order chi connectivity index (χ1) is 13.1. The van der Waals surface area contributed by atoms with Gasteiger partial charge in [-0.3, -0.25) is 14.3 Å². The van der Waals surface area contributed by atoms with Crippen molar-refractivity contribution in [1.82, 2.24) is 14.8 Å². The molecule has 142 valence electrons. The fourth-order valence-corrected chi connectivity index (χ4v) is 3.26. The molecule has 2 N–H and O–H groups in total. The number of ether oxygens (including phenoxy) is 1. The number of nitrogens with zero attached hydrogens (tertiary/aromatic N) is 3. The van der Waals surface area contributed by atoms with Crippen LogP contribution in [0.4, 0.5) is 11.5 Å². The molecule has 2 amide bonds. The van der Waals surface area contributed by atoms with E-state index in [0.29, 0.717) is 17.1 Å². The van der Waals surface area contributed by atoms with Crippen LogP contribution in [0.1, 0.15) is 47.8 Å². The van der Waals surface area contributed by atoms with Crippen LogP contribution in [-0.4, -0.2) is 39.8 Å². The van der Waals surface area contributed by atoms with E-state index in [9.17, 15) is 9.59 Å². The highest BCUT2D eigenvalue weighted by atomic mass is 16.5. The summed E-state index contributed by atoms with van der Waals surface area (Å²) in [5.74, 6) is 0.410. The Hall–Kier alpha value is -2.74. The predicted molar refractivity (Wildman–Crippen MR) is 99.6 cm³/mol. The van der Waals surface area contributed by atoms with E-state index < -0.39 is 0 Å². The molecule has 4 rings (SSSR count). The molecule has 8 nitrogen and oxygen atoms in total. The van der Waals surface area contributed by atoms with Crippen LogP contribution in [0.2, 0.25) is 0 Å². The van der Waals surface area contributed by atoms with E-state index in [0.717, 1.165) is 44.6 Å². The van der Waals surface area contributed by atoms with Gasteiger partial charge in [-0.25, -0.2) is 4.98 Å². The van der Waals surface area contributed by atoms with Crippen LogP contribution in [-0.2, 0) is 9.53 Å². The SMILES string of the molecule is Cc1c(C(=O)Nc2ccc(NC(=O)C3CC3)nc2)cnn1C1CCOCC1. The number of carbonyl (C=O) groups excluding carboxylic acids is 2. The van der Waals surface area contributed by atoms with Gasteiger partial charge in [0.25, 0.3) is 5.91 Å². The molecule has 0 bridgehead atoms. The van der Waals surface area contributed by atoms with Crippen LogP contribution in [0.3, 0.4) is 0 Å². The van der Waals surface area contributed by atoms with Crippen molar-refractivity contribution >= 4 is 23.3 Å². The Labute approximate surface area is 157 Å². The lowest BCUT2D eigenvalue weighted by molar-refractivity contribution is -0.117. The van der Waals surface area contributed by atoms with Crippen LogP contribution in [0.5, 0.6) is 0 Å². The monoisotopic (exact) mass is 369 g/mol. The van der Waals surface area contributed by atoms with Gasteiger partial charge in [0.2, 0.25) is 5.91 Å². The summed E-state index contributed by atoms with van der Waals surface area (Å²) in [5.41, 5.74) is 1.97. The molecule has 1 aliphatic heterocycles. The first-order valence-corrected chi connectivity index (χ1v) is 9.32. The van der Waals surface area contributed by atoms with Gasteiger partial charge < -0.3 is 15.4 Å². The summed E-state index contributed by atoms with van der Waals surface area (Å²) in [7, 11) is 0. The van der Waals surface area contributed by atoms with Crippen molar-refractivity contribution in [3.8, 4) is 0 Å². The van der Waals surface area contributed by atoms with Crippen LogP contribution < -0.4 is 10.6 Å². The second-order valence-corrected chi connectivity index (χ2v) is 7.08. The van der Waals surface area contributed by atoms with Crippen molar-refractivity contribution in [3.63, 3.8) is 0 Å². The molecule has 0 unspecified atom stereocenters. The van der Waals surface area contributed by atoms with Crippen molar-refractivity contribution in [2.75, 3.05) is 23.8 Å². The highest BCUT2D eigenvalue weighted by Crippen LogP contribution is 2.30. The Morgan fingerprint density at radius 3 is 2.56 bits per heavy atom. The highest BCUT2D eigenvalue weighted by molar-refractivity contribution is 6.04. The van der Waals surface area contributed by atoms with Crippen LogP contribution in [0.25, 0.3) is 0 Å². The molecular weight excluding hydrogens is 346 g/mol. The highest BCUT2D eigenvalue weighted by Gasteiger charge is 2.29. The molecule has 0 atom stereocenters. The number of amides is 2. The average molecular weight is 369 g/mol. The van der Waals surface area contributed by atoms with Gasteiger partial charge in [0.15, 0.2) is 0 Å². The number of hydrogen-bond acceptors (Lipinski definition) is 5. The van der Waals surface area contributed by atoms with E-state index in [1.165, 1.54) is 0 Å². The standard InChI is InChI=1S/C19H23N5O3/c1-12-16(11-21-24(12)15-6-8-27-9-7-15)19(26)22-14-4-5-17(20-10-14)23-18(25)13-2-3-13/h4-5,10-11,13,15H,2-3,6-9H2,1H3,(H,22,26)(H,20,23,25). The number of nitrogens with one attached hydrogen (secondary N) is 2. The zero-order valence-corrected chi connectivity index (χ0v) is 15.3. The molecule has 8 heteroatoms. The molecule has 3 heterocycles. The third-order valence-electron chi connectivity index (χ3n) is 5.05. The Balaban J connectivity index is 1.40. The normalized spacial score (nSPS) is 17.5. The number of anilines is 2. The van der Waals surface area contributed by atoms with Crippen molar-refractivity contribution in [1.29, 1.82) is 0 Å². The third kappa shape index (κ3) is 4.00. The Kier molecular flexibility index (Phi) is 4.89. The first-order valence-electron chi connectivity index (χ1n) is 9.32. The smallest absolute Gasteiger partial charge is 0.259 e. The number of hydrogen-bond donors (Lipinski definition) is 2. The minimum atomic E-state index is -0.220. The lowest BCUT2D eigenvalue weighted by Gasteiger charge is -2.23. The lowest BCUT2D eigenvalue weighted by atomic mass is 10.1. The molecule has 2 aromatic rings. The minimum Gasteiger partial charge on any atom is -0.381 e. The Morgan fingerprint density at radius 1 is 1.11 bits per heavy atom. The molecule has 1 saturated carbocycles. The fraction of sp³-hybridized carbons (Fsp3) is 0.474. The number of aromatic nitrogens is 3. The topological polar surface area (TPSA) is 98.1 Å². The summed E-state index contributed by atoms with van der Waals surface area (Å²) in [5, 5.41) is 10.0. The molecule has 27 heavy (non-hydrogen) atoms. The van der Waals surface area contributed by atoms with Crippen molar-refractivity contribution in [2.24, 2.45) is 5.92 Å². The van der Waals surface area contributed by atoms with Crippen LogP contribution >= 0.6 is 0 Å². The maximum atomic E-state index is 12.6. The van der Waals surface area contributed by atoms with Gasteiger partial charge in [-0.05, 0) is 44.7 Å². The van der Waals surface area contributed by atoms with Gasteiger partial charge in [0.05, 0.1) is 29.7 Å². The fourth-order valence-electron chi connectivity index (χ4n) is 3.26. The van der Waals surface area contributed by atoms with E-state index >= 15 is 0 Å². The van der Waals surface area contributed by atoms with Gasteiger partial charge in [-0.15, -0.1) is 0 Å². The minimum absolute atomic E-state index is 0.00966. The van der Waals surface area contributed by atoms with E-state index in [1.54, 1.807) is 24.5 Å². The summed E-state index contributed by atoms with van der Waals surface area (Å²) in [6, 6.07) is 3.69. The largest absolute Gasteiger partial charge is 0.381 e. The number of pyridine rings is 1. The maximum Gasteiger partial charge on any atom is 0.259 e. The lowest BCUT2D eigenvalue weighted by Crippen LogP contribution is -2.22. The second-order valence-electron chi connectivity index (χ2n) is 7.08. The molecule has 1 saturated heterocycles. The van der Waals surface area contributed by atoms with Crippen molar-refractivity contribution in [3.05, 3.63) is 35.8 Å². The van der Waals surface area contributed by atoms with Crippen molar-refractivity contribution in [2.45, 2.75) is 38.6 Å². The summed E-state index contributed by atoms with van der Waals surface area (Å²) in [6.45, 7) is 3.35. The zero-order valence-electron chi connectivity index (χ0n) is 15.3. The average Bonchev–Trinajstić information content (AvgIpc) is 3.46. The van der Waals surface area contributed by atoms with Gasteiger partial charge in [0, 0.05) is 24.8 Å². The van der Waals surface area contributed by atoms with Gasteiger partial charge in [-0.2, -0.15) is 5.10 Å². The van der Waals surface area contributed by atoms with E-state index in [4.69, 9.17) is 4.74 Å². The molecular formula is C19H23N5O3. The van der Waals surface area contributed by atoms with Gasteiger partial charge >= 0.3 is 0 Å². The zero-order chi connectivity index (χ0) is 18.8. The molecule has 2 aliphatic rings. The quantitative estimate of drug-likeness (QED) is 0.844. The summed E-state index contributed by atoms with van der Waals surface area (Å²) < 4.78 is 7.31. The first kappa shape index (κ1) is 17.7. The maximum absolute atomic E-state index is 12.6. The number of carbonyl (C=O) groups is 2. The molecule has 2 fully saturated rings. The molecule has 2 aromatic heterocycles.